The Morgan fingerprint density at radius 1 is 1.28 bits per heavy atom. The number of hydrogen-bond acceptors (Lipinski definition) is 3. The molecule has 7 heteroatoms. The molecular weight excluding hydrogens is 252 g/mol. The summed E-state index contributed by atoms with van der Waals surface area (Å²) in [7, 11) is 0. The zero-order chi connectivity index (χ0) is 13.3. The van der Waals surface area contributed by atoms with Gasteiger partial charge < -0.3 is 10.2 Å². The molecule has 0 unspecified atom stereocenters. The van der Waals surface area contributed by atoms with Crippen LogP contribution in [0.15, 0.2) is 28.9 Å². The van der Waals surface area contributed by atoms with E-state index in [0.717, 1.165) is 12.1 Å². The molecule has 0 bridgehead atoms. The summed E-state index contributed by atoms with van der Waals surface area (Å²) in [6.07, 6.45) is -3.52. The number of nitrogens with two attached hydrogens (primary N) is 1. The maximum atomic E-state index is 13.1. The van der Waals surface area contributed by atoms with Gasteiger partial charge in [-0.1, -0.05) is 0 Å². The van der Waals surface area contributed by atoms with Gasteiger partial charge in [0.25, 0.3) is 0 Å². The Kier molecular flexibility index (Phi) is 3.08. The van der Waals surface area contributed by atoms with Crippen LogP contribution in [0.25, 0.3) is 11.5 Å². The minimum absolute atomic E-state index is 0.0269. The van der Waals surface area contributed by atoms with E-state index in [1.54, 1.807) is 0 Å². The van der Waals surface area contributed by atoms with Crippen LogP contribution in [0.1, 0.15) is 11.3 Å². The molecule has 2 N–H and O–H groups in total. The molecule has 0 aliphatic rings. The van der Waals surface area contributed by atoms with Gasteiger partial charge in [0.15, 0.2) is 0 Å². The van der Waals surface area contributed by atoms with Crippen LogP contribution in [-0.4, -0.2) is 4.98 Å². The third-order valence-electron chi connectivity index (χ3n) is 2.28. The van der Waals surface area contributed by atoms with Gasteiger partial charge in [0, 0.05) is 12.1 Å². The summed E-state index contributed by atoms with van der Waals surface area (Å²) in [6.45, 7) is 0.108. The molecule has 0 saturated carbocycles. The number of hydrogen-bond donors (Lipinski definition) is 1. The van der Waals surface area contributed by atoms with Gasteiger partial charge in [-0.2, -0.15) is 13.2 Å². The second kappa shape index (κ2) is 4.41. The van der Waals surface area contributed by atoms with E-state index < -0.39 is 17.6 Å². The fraction of sp³-hybridized carbons (Fsp3) is 0.182. The molecule has 0 aliphatic heterocycles. The van der Waals surface area contributed by atoms with Crippen molar-refractivity contribution >= 4 is 0 Å². The summed E-state index contributed by atoms with van der Waals surface area (Å²) in [5, 5.41) is 0. The van der Waals surface area contributed by atoms with Crippen molar-refractivity contribution in [1.82, 2.24) is 4.98 Å². The molecule has 0 amide bonds. The zero-order valence-corrected chi connectivity index (χ0v) is 8.96. The molecule has 0 atom stereocenters. The molecule has 0 spiro atoms. The van der Waals surface area contributed by atoms with Crippen LogP contribution in [0, 0.1) is 5.82 Å². The molecule has 96 valence electrons. The van der Waals surface area contributed by atoms with E-state index in [4.69, 9.17) is 10.2 Å². The predicted octanol–water partition coefficient (Wildman–Crippen LogP) is 2.96. The Morgan fingerprint density at radius 3 is 2.56 bits per heavy atom. The Balaban J connectivity index is 2.47. The van der Waals surface area contributed by atoms with Crippen molar-refractivity contribution < 1.29 is 22.0 Å². The molecule has 1 aromatic carbocycles. The number of benzene rings is 1. The molecular formula is C11H8F4N2O. The van der Waals surface area contributed by atoms with Crippen molar-refractivity contribution in [3.8, 4) is 11.5 Å². The molecule has 0 saturated heterocycles. The van der Waals surface area contributed by atoms with Crippen LogP contribution in [0.4, 0.5) is 17.6 Å². The fourth-order valence-corrected chi connectivity index (χ4v) is 1.41. The average Bonchev–Trinajstić information content (AvgIpc) is 2.76. The average molecular weight is 260 g/mol. The van der Waals surface area contributed by atoms with Gasteiger partial charge in [0.2, 0.25) is 5.89 Å². The van der Waals surface area contributed by atoms with E-state index in [-0.39, 0.29) is 18.0 Å². The quantitative estimate of drug-likeness (QED) is 0.844. The molecule has 2 rings (SSSR count). The first kappa shape index (κ1) is 12.6. The third kappa shape index (κ3) is 2.35. The number of aromatic nitrogens is 1. The summed E-state index contributed by atoms with van der Waals surface area (Å²) in [5.74, 6) is -1.36. The van der Waals surface area contributed by atoms with E-state index in [1.807, 2.05) is 0 Å². The lowest BCUT2D eigenvalue weighted by atomic mass is 10.1. The predicted molar refractivity (Wildman–Crippen MR) is 54.8 cm³/mol. The number of rotatable bonds is 2. The van der Waals surface area contributed by atoms with Crippen molar-refractivity contribution in [2.24, 2.45) is 5.73 Å². The van der Waals surface area contributed by atoms with Crippen LogP contribution in [0.2, 0.25) is 0 Å². The van der Waals surface area contributed by atoms with Gasteiger partial charge >= 0.3 is 6.18 Å². The Labute approximate surface area is 99.2 Å². The minimum Gasteiger partial charge on any atom is -0.444 e. The van der Waals surface area contributed by atoms with Gasteiger partial charge in [-0.15, -0.1) is 0 Å². The van der Waals surface area contributed by atoms with Crippen LogP contribution in [0.5, 0.6) is 0 Å². The van der Waals surface area contributed by atoms with Gasteiger partial charge in [0.05, 0.1) is 11.3 Å². The van der Waals surface area contributed by atoms with E-state index >= 15 is 0 Å². The smallest absolute Gasteiger partial charge is 0.419 e. The molecule has 0 aliphatic carbocycles. The topological polar surface area (TPSA) is 52.0 Å². The van der Waals surface area contributed by atoms with Crippen LogP contribution in [0.3, 0.4) is 0 Å². The molecule has 0 radical (unpaired) electrons. The Hall–Kier alpha value is -1.89. The highest BCUT2D eigenvalue weighted by atomic mass is 19.4. The molecule has 3 nitrogen and oxygen atoms in total. The van der Waals surface area contributed by atoms with Gasteiger partial charge in [-0.25, -0.2) is 9.37 Å². The van der Waals surface area contributed by atoms with Crippen molar-refractivity contribution in [2.45, 2.75) is 12.7 Å². The summed E-state index contributed by atoms with van der Waals surface area (Å²) in [4.78, 5) is 3.87. The third-order valence-corrected chi connectivity index (χ3v) is 2.28. The number of nitrogens with zero attached hydrogens (tertiary/aromatic N) is 1. The lowest BCUT2D eigenvalue weighted by Crippen LogP contribution is -2.08. The van der Waals surface area contributed by atoms with Crippen molar-refractivity contribution in [3.05, 3.63) is 41.5 Å². The number of halogens is 4. The normalized spacial score (nSPS) is 11.8. The molecule has 18 heavy (non-hydrogen) atoms. The SMILES string of the molecule is NCc1coc(-c2ccc(F)c(C(F)(F)F)c2)n1. The minimum atomic E-state index is -4.76. The number of alkyl halides is 3. The van der Waals surface area contributed by atoms with Crippen LogP contribution in [-0.2, 0) is 12.7 Å². The van der Waals surface area contributed by atoms with Gasteiger partial charge in [-0.05, 0) is 18.2 Å². The first-order chi connectivity index (χ1) is 8.41. The van der Waals surface area contributed by atoms with Gasteiger partial charge in [-0.3, -0.25) is 0 Å². The van der Waals surface area contributed by atoms with E-state index in [0.29, 0.717) is 11.8 Å². The summed E-state index contributed by atoms with van der Waals surface area (Å²) in [5.41, 5.74) is 4.40. The number of oxazole rings is 1. The first-order valence-electron chi connectivity index (χ1n) is 4.93. The zero-order valence-electron chi connectivity index (χ0n) is 8.96. The lowest BCUT2D eigenvalue weighted by Gasteiger charge is -2.08. The highest BCUT2D eigenvalue weighted by Gasteiger charge is 2.34. The Bertz CT molecular complexity index is 562. The fourth-order valence-electron chi connectivity index (χ4n) is 1.41. The Morgan fingerprint density at radius 2 is 2.00 bits per heavy atom. The van der Waals surface area contributed by atoms with Crippen LogP contribution >= 0.6 is 0 Å². The van der Waals surface area contributed by atoms with E-state index in [2.05, 4.69) is 4.98 Å². The maximum absolute atomic E-state index is 13.1. The first-order valence-corrected chi connectivity index (χ1v) is 4.93. The second-order valence-electron chi connectivity index (χ2n) is 3.54. The largest absolute Gasteiger partial charge is 0.444 e. The summed E-state index contributed by atoms with van der Waals surface area (Å²) < 4.78 is 55.5. The highest BCUT2D eigenvalue weighted by Crippen LogP contribution is 2.34. The van der Waals surface area contributed by atoms with Crippen molar-refractivity contribution in [3.63, 3.8) is 0 Å². The lowest BCUT2D eigenvalue weighted by molar-refractivity contribution is -0.139. The summed E-state index contributed by atoms with van der Waals surface area (Å²) >= 11 is 0. The molecule has 1 aromatic heterocycles. The van der Waals surface area contributed by atoms with E-state index in [1.165, 1.54) is 6.26 Å². The maximum Gasteiger partial charge on any atom is 0.419 e. The molecule has 2 aromatic rings. The highest BCUT2D eigenvalue weighted by molar-refractivity contribution is 5.55. The summed E-state index contributed by atoms with van der Waals surface area (Å²) in [6, 6.07) is 2.54. The van der Waals surface area contributed by atoms with E-state index in [9.17, 15) is 17.6 Å². The van der Waals surface area contributed by atoms with Gasteiger partial charge in [0.1, 0.15) is 12.1 Å². The standard InChI is InChI=1S/C11H8F4N2O/c12-9-2-1-6(3-8(9)11(13,14)15)10-17-7(4-16)5-18-10/h1-3,5H,4,16H2. The van der Waals surface area contributed by atoms with Crippen molar-refractivity contribution in [1.29, 1.82) is 0 Å². The van der Waals surface area contributed by atoms with Crippen molar-refractivity contribution in [2.75, 3.05) is 0 Å². The monoisotopic (exact) mass is 260 g/mol. The van der Waals surface area contributed by atoms with Crippen LogP contribution < -0.4 is 5.73 Å². The molecule has 0 fully saturated rings. The second-order valence-corrected chi connectivity index (χ2v) is 3.54. The molecule has 1 heterocycles.